The molecule has 1 unspecified atom stereocenters. The van der Waals surface area contributed by atoms with Crippen LogP contribution in [0, 0.1) is 20.8 Å². The highest BCUT2D eigenvalue weighted by Crippen LogP contribution is 2.42. The third-order valence-corrected chi connectivity index (χ3v) is 7.39. The number of anilines is 2. The lowest BCUT2D eigenvalue weighted by molar-refractivity contribution is -0.132. The van der Waals surface area contributed by atoms with Crippen molar-refractivity contribution in [3.8, 4) is 5.75 Å². The number of nitrogens with one attached hydrogen (secondary N) is 1. The molecule has 3 aromatic carbocycles. The van der Waals surface area contributed by atoms with Crippen molar-refractivity contribution in [2.45, 2.75) is 40.2 Å². The van der Waals surface area contributed by atoms with Gasteiger partial charge in [0.05, 0.1) is 29.3 Å². The van der Waals surface area contributed by atoms with Crippen molar-refractivity contribution in [3.63, 3.8) is 0 Å². The van der Waals surface area contributed by atoms with Crippen LogP contribution in [0.5, 0.6) is 5.75 Å². The van der Waals surface area contributed by atoms with E-state index >= 15 is 0 Å². The van der Waals surface area contributed by atoms with Gasteiger partial charge in [0.25, 0.3) is 5.78 Å². The number of hydrogen-bond acceptors (Lipinski definition) is 6. The van der Waals surface area contributed by atoms with Gasteiger partial charge in [0.1, 0.15) is 11.5 Å². The van der Waals surface area contributed by atoms with E-state index < -0.39 is 17.7 Å². The number of carbonyl (C=O) groups is 2. The molecule has 1 aliphatic heterocycles. The van der Waals surface area contributed by atoms with E-state index in [0.29, 0.717) is 29.0 Å². The summed E-state index contributed by atoms with van der Waals surface area (Å²) in [6, 6.07) is 15.9. The zero-order valence-corrected chi connectivity index (χ0v) is 23.7. The number of aromatic amines is 1. The smallest absolute Gasteiger partial charge is 0.302 e. The molecular formula is C32H34N4O4. The first-order valence-corrected chi connectivity index (χ1v) is 13.4. The van der Waals surface area contributed by atoms with Crippen LogP contribution < -0.4 is 14.5 Å². The number of H-pyrrole nitrogens is 1. The van der Waals surface area contributed by atoms with Gasteiger partial charge >= 0.3 is 5.91 Å². The predicted octanol–water partition coefficient (Wildman–Crippen LogP) is 5.97. The summed E-state index contributed by atoms with van der Waals surface area (Å²) in [5.41, 5.74) is 6.53. The molecule has 1 amide bonds. The van der Waals surface area contributed by atoms with Crippen LogP contribution in [0.25, 0.3) is 16.8 Å². The highest BCUT2D eigenvalue weighted by atomic mass is 16.5. The van der Waals surface area contributed by atoms with Gasteiger partial charge < -0.3 is 19.7 Å². The van der Waals surface area contributed by atoms with Gasteiger partial charge in [-0.2, -0.15) is 0 Å². The number of carbonyl (C=O) groups excluding carboxylic acids is 2. The molecule has 0 saturated carbocycles. The molecule has 1 atom stereocenters. The summed E-state index contributed by atoms with van der Waals surface area (Å²) in [5, 5.41) is 11.6. The van der Waals surface area contributed by atoms with Crippen LogP contribution in [-0.2, 0) is 9.59 Å². The fraction of sp³-hybridized carbons (Fsp3) is 0.281. The summed E-state index contributed by atoms with van der Waals surface area (Å²) in [7, 11) is 3.88. The van der Waals surface area contributed by atoms with Gasteiger partial charge in [-0.1, -0.05) is 19.1 Å². The molecule has 0 spiro atoms. The summed E-state index contributed by atoms with van der Waals surface area (Å²) in [6.07, 6.45) is 0.873. The third kappa shape index (κ3) is 4.70. The van der Waals surface area contributed by atoms with Gasteiger partial charge in [0.2, 0.25) is 5.95 Å². The first-order valence-electron chi connectivity index (χ1n) is 13.4. The van der Waals surface area contributed by atoms with E-state index in [1.54, 1.807) is 18.2 Å². The Labute approximate surface area is 233 Å². The summed E-state index contributed by atoms with van der Waals surface area (Å²) in [4.78, 5) is 38.4. The second kappa shape index (κ2) is 10.5. The number of nitrogens with zero attached hydrogens (tertiary/aromatic N) is 3. The highest BCUT2D eigenvalue weighted by molar-refractivity contribution is 6.51. The normalized spacial score (nSPS) is 16.6. The maximum atomic E-state index is 13.6. The Morgan fingerprint density at radius 3 is 2.35 bits per heavy atom. The fourth-order valence-electron chi connectivity index (χ4n) is 5.02. The standard InChI is InChI=1S/C32H34N4O4/c1-7-14-40-26-13-10-22(15-20(26)4)29(37)27-28(21-8-11-23(12-9-21)35(5)6)36(31(39)30(27)38)32-33-24-16-18(2)19(3)17-25(24)34-32/h8-13,15-17,28,37H,7,14H2,1-6H3,(H,33,34)/b29-27+. The predicted molar refractivity (Wildman–Crippen MR) is 158 cm³/mol. The number of Topliss-reactive ketones (excluding diaryl/α,β-unsaturated/α-hetero) is 1. The number of ether oxygens (including phenoxy) is 1. The SMILES string of the molecule is CCCOc1ccc(/C(O)=C2\C(=O)C(=O)N(c3nc4cc(C)c(C)cc4[nH]3)C2c2ccc(N(C)C)cc2)cc1C. The van der Waals surface area contributed by atoms with Crippen molar-refractivity contribution in [2.24, 2.45) is 0 Å². The molecular weight excluding hydrogens is 504 g/mol. The number of aliphatic hydroxyl groups excluding tert-OH is 1. The number of fused-ring (bicyclic) bond motifs is 1. The van der Waals surface area contributed by atoms with Crippen LogP contribution in [0.3, 0.4) is 0 Å². The van der Waals surface area contributed by atoms with Crippen LogP contribution in [-0.4, -0.2) is 47.5 Å². The molecule has 5 rings (SSSR count). The van der Waals surface area contributed by atoms with Crippen molar-refractivity contribution in [1.29, 1.82) is 0 Å². The first-order chi connectivity index (χ1) is 19.1. The van der Waals surface area contributed by atoms with Crippen molar-refractivity contribution >= 4 is 40.1 Å². The van der Waals surface area contributed by atoms with Gasteiger partial charge in [-0.25, -0.2) is 4.98 Å². The van der Waals surface area contributed by atoms with Gasteiger partial charge in [-0.3, -0.25) is 14.5 Å². The van der Waals surface area contributed by atoms with Gasteiger partial charge in [-0.15, -0.1) is 0 Å². The van der Waals surface area contributed by atoms with Gasteiger partial charge in [-0.05, 0) is 91.9 Å². The molecule has 0 bridgehead atoms. The van der Waals surface area contributed by atoms with Crippen molar-refractivity contribution in [1.82, 2.24) is 9.97 Å². The largest absolute Gasteiger partial charge is 0.507 e. The Morgan fingerprint density at radius 2 is 1.70 bits per heavy atom. The van der Waals surface area contributed by atoms with Crippen molar-refractivity contribution < 1.29 is 19.4 Å². The van der Waals surface area contributed by atoms with Crippen LogP contribution in [0.2, 0.25) is 0 Å². The topological polar surface area (TPSA) is 98.8 Å². The molecule has 206 valence electrons. The molecule has 0 radical (unpaired) electrons. The monoisotopic (exact) mass is 538 g/mol. The number of aliphatic hydroxyl groups is 1. The van der Waals surface area contributed by atoms with Crippen LogP contribution in [0.1, 0.15) is 47.2 Å². The average Bonchev–Trinajstić information content (AvgIpc) is 3.44. The molecule has 1 fully saturated rings. The van der Waals surface area contributed by atoms with E-state index in [0.717, 1.165) is 34.3 Å². The minimum absolute atomic E-state index is 0.0112. The summed E-state index contributed by atoms with van der Waals surface area (Å²) in [5.74, 6) is -0.799. The minimum Gasteiger partial charge on any atom is -0.507 e. The van der Waals surface area contributed by atoms with Gasteiger partial charge in [0.15, 0.2) is 0 Å². The summed E-state index contributed by atoms with van der Waals surface area (Å²) >= 11 is 0. The number of hydrogen-bond donors (Lipinski definition) is 2. The van der Waals surface area contributed by atoms with E-state index in [9.17, 15) is 14.7 Å². The maximum absolute atomic E-state index is 13.6. The van der Waals surface area contributed by atoms with E-state index in [-0.39, 0.29) is 17.3 Å². The maximum Gasteiger partial charge on any atom is 0.302 e. The van der Waals surface area contributed by atoms with Crippen LogP contribution in [0.4, 0.5) is 11.6 Å². The lowest BCUT2D eigenvalue weighted by Gasteiger charge is -2.24. The van der Waals surface area contributed by atoms with Gasteiger partial charge in [0, 0.05) is 25.3 Å². The molecule has 1 saturated heterocycles. The number of ketones is 1. The summed E-state index contributed by atoms with van der Waals surface area (Å²) < 4.78 is 5.78. The Bertz CT molecular complexity index is 1610. The number of amides is 1. The molecule has 8 heteroatoms. The Hall–Kier alpha value is -4.59. The molecule has 1 aliphatic rings. The average molecular weight is 539 g/mol. The number of imidazole rings is 1. The van der Waals surface area contributed by atoms with Crippen LogP contribution >= 0.6 is 0 Å². The lowest BCUT2D eigenvalue weighted by atomic mass is 9.94. The molecule has 2 heterocycles. The lowest BCUT2D eigenvalue weighted by Crippen LogP contribution is -2.30. The molecule has 0 aliphatic carbocycles. The zero-order chi connectivity index (χ0) is 28.7. The Morgan fingerprint density at radius 1 is 1.00 bits per heavy atom. The minimum atomic E-state index is -0.879. The van der Waals surface area contributed by atoms with E-state index in [2.05, 4.69) is 4.98 Å². The Kier molecular flexibility index (Phi) is 7.10. The third-order valence-electron chi connectivity index (χ3n) is 7.39. The van der Waals surface area contributed by atoms with Crippen molar-refractivity contribution in [3.05, 3.63) is 88.0 Å². The fourth-order valence-corrected chi connectivity index (χ4v) is 5.02. The molecule has 2 N–H and O–H groups in total. The summed E-state index contributed by atoms with van der Waals surface area (Å²) in [6.45, 7) is 8.51. The number of rotatable bonds is 7. The Balaban J connectivity index is 1.68. The molecule has 40 heavy (non-hydrogen) atoms. The quantitative estimate of drug-likeness (QED) is 0.171. The molecule has 4 aromatic rings. The second-order valence-corrected chi connectivity index (χ2v) is 10.5. The van der Waals surface area contributed by atoms with Crippen LogP contribution in [0.15, 0.2) is 60.2 Å². The number of benzene rings is 3. The number of aromatic nitrogens is 2. The van der Waals surface area contributed by atoms with Crippen molar-refractivity contribution in [2.75, 3.05) is 30.5 Å². The second-order valence-electron chi connectivity index (χ2n) is 10.5. The van der Waals surface area contributed by atoms with E-state index in [1.165, 1.54) is 4.90 Å². The van der Waals surface area contributed by atoms with E-state index in [4.69, 9.17) is 9.72 Å². The van der Waals surface area contributed by atoms with E-state index in [1.807, 2.05) is 83.1 Å². The zero-order valence-electron chi connectivity index (χ0n) is 23.7. The number of aryl methyl sites for hydroxylation is 3. The first kappa shape index (κ1) is 27.0. The molecule has 8 nitrogen and oxygen atoms in total. The molecule has 1 aromatic heterocycles. The highest BCUT2D eigenvalue weighted by Gasteiger charge is 2.48.